The van der Waals surface area contributed by atoms with E-state index < -0.39 is 11.2 Å². The number of benzene rings is 2. The van der Waals surface area contributed by atoms with E-state index in [1.807, 2.05) is 18.2 Å². The maximum absolute atomic E-state index is 11.6. The third-order valence-corrected chi connectivity index (χ3v) is 4.54. The van der Waals surface area contributed by atoms with Gasteiger partial charge in [-0.3, -0.25) is 9.59 Å². The van der Waals surface area contributed by atoms with Gasteiger partial charge in [0.05, 0.1) is 12.6 Å². The number of ether oxygens (including phenoxy) is 1. The van der Waals surface area contributed by atoms with Gasteiger partial charge in [0.2, 0.25) is 5.91 Å². The predicted molar refractivity (Wildman–Crippen MR) is 104 cm³/mol. The topological polar surface area (TPSA) is 126 Å². The molecule has 0 saturated carbocycles. The monoisotopic (exact) mass is 384 g/mol. The van der Waals surface area contributed by atoms with Gasteiger partial charge in [-0.1, -0.05) is 23.9 Å². The minimum absolute atomic E-state index is 0.260. The summed E-state index contributed by atoms with van der Waals surface area (Å²) in [5, 5.41) is 18.7. The highest BCUT2D eigenvalue weighted by atomic mass is 32.2. The van der Waals surface area contributed by atoms with Crippen molar-refractivity contribution in [1.29, 1.82) is 0 Å². The lowest BCUT2D eigenvalue weighted by Gasteiger charge is -2.06. The number of amidine groups is 1. The molecular weight excluding hydrogens is 368 g/mol. The maximum atomic E-state index is 11.6. The van der Waals surface area contributed by atoms with Crippen molar-refractivity contribution in [3.63, 3.8) is 0 Å². The van der Waals surface area contributed by atoms with Crippen LogP contribution >= 0.6 is 11.8 Å². The van der Waals surface area contributed by atoms with Crippen LogP contribution in [0, 0.1) is 0 Å². The van der Waals surface area contributed by atoms with E-state index in [2.05, 4.69) is 15.5 Å². The summed E-state index contributed by atoms with van der Waals surface area (Å²) in [6, 6.07) is 14.3. The van der Waals surface area contributed by atoms with E-state index in [1.54, 1.807) is 30.3 Å². The highest BCUT2D eigenvalue weighted by Crippen LogP contribution is 2.23. The van der Waals surface area contributed by atoms with E-state index in [4.69, 9.17) is 15.6 Å². The van der Waals surface area contributed by atoms with Gasteiger partial charge in [-0.05, 0) is 42.0 Å². The zero-order chi connectivity index (χ0) is 19.2. The molecule has 0 aromatic heterocycles. The van der Waals surface area contributed by atoms with Crippen molar-refractivity contribution in [2.24, 2.45) is 10.2 Å². The average Bonchev–Trinajstić information content (AvgIpc) is 2.96. The molecule has 1 amide bonds. The van der Waals surface area contributed by atoms with Crippen LogP contribution in [0.25, 0.3) is 0 Å². The van der Waals surface area contributed by atoms with Crippen LogP contribution in [0.3, 0.4) is 0 Å². The molecule has 1 heterocycles. The van der Waals surface area contributed by atoms with Gasteiger partial charge in [-0.15, -0.1) is 5.10 Å². The molecule has 3 rings (SSSR count). The second-order valence-corrected chi connectivity index (χ2v) is 6.78. The lowest BCUT2D eigenvalue weighted by atomic mass is 10.2. The number of hydrogen-bond acceptors (Lipinski definition) is 7. The number of carbonyl (C=O) groups excluding carboxylic acids is 1. The van der Waals surface area contributed by atoms with Gasteiger partial charge in [0.1, 0.15) is 16.7 Å². The van der Waals surface area contributed by atoms with E-state index >= 15 is 0 Å². The Bertz CT molecular complexity index is 912. The van der Waals surface area contributed by atoms with Crippen molar-refractivity contribution < 1.29 is 19.4 Å². The molecule has 1 aliphatic rings. The molecule has 27 heavy (non-hydrogen) atoms. The molecule has 1 unspecified atom stereocenters. The average molecular weight is 384 g/mol. The number of nitrogens with one attached hydrogen (secondary N) is 1. The van der Waals surface area contributed by atoms with Crippen LogP contribution in [0.2, 0.25) is 0 Å². The molecule has 1 atom stereocenters. The first-order valence-electron chi connectivity index (χ1n) is 7.93. The number of nitrogens with zero attached hydrogens (tertiary/aromatic N) is 2. The Balaban J connectivity index is 1.63. The van der Waals surface area contributed by atoms with Gasteiger partial charge < -0.3 is 20.9 Å². The van der Waals surface area contributed by atoms with Crippen LogP contribution in [0.1, 0.15) is 12.0 Å². The first-order valence-corrected chi connectivity index (χ1v) is 8.81. The molecule has 2 aromatic rings. The Hall–Kier alpha value is -3.33. The molecule has 138 valence electrons. The molecule has 1 aliphatic heterocycles. The minimum atomic E-state index is -1.04. The summed E-state index contributed by atoms with van der Waals surface area (Å²) in [6.07, 6.45) is 1.25. The van der Waals surface area contributed by atoms with Crippen LogP contribution in [-0.2, 0) is 9.59 Å². The van der Waals surface area contributed by atoms with Crippen molar-refractivity contribution in [2.75, 3.05) is 5.73 Å². The molecule has 1 saturated heterocycles. The van der Waals surface area contributed by atoms with Crippen molar-refractivity contribution in [3.05, 3.63) is 54.1 Å². The summed E-state index contributed by atoms with van der Waals surface area (Å²) in [6.45, 7) is 0. The van der Waals surface area contributed by atoms with Gasteiger partial charge in [0, 0.05) is 5.69 Å². The number of nitrogens with two attached hydrogens (primary N) is 1. The van der Waals surface area contributed by atoms with Gasteiger partial charge in [0.25, 0.3) is 0 Å². The van der Waals surface area contributed by atoms with Crippen LogP contribution in [0.5, 0.6) is 11.5 Å². The Labute approximate surface area is 159 Å². The van der Waals surface area contributed by atoms with Crippen molar-refractivity contribution in [3.8, 4) is 11.5 Å². The standard InChI is InChI=1S/C18H16N4O4S/c19-12-4-6-13(7-5-12)26-14-3-1-2-11(8-14)10-20-22-18-21-17(25)15(27-18)9-16(23)24/h1-8,10,15H,9,19H2,(H,23,24)(H,21,22,25). The van der Waals surface area contributed by atoms with E-state index in [9.17, 15) is 9.59 Å². The van der Waals surface area contributed by atoms with Gasteiger partial charge in [0.15, 0.2) is 5.17 Å². The smallest absolute Gasteiger partial charge is 0.305 e. The quantitative estimate of drug-likeness (QED) is 0.399. The van der Waals surface area contributed by atoms with E-state index in [-0.39, 0.29) is 17.5 Å². The molecule has 0 aliphatic carbocycles. The number of aliphatic carboxylic acids is 1. The number of carboxylic acids is 1. The summed E-state index contributed by atoms with van der Waals surface area (Å²) < 4.78 is 5.75. The largest absolute Gasteiger partial charge is 0.481 e. The number of carboxylic acid groups (broad SMARTS) is 1. The lowest BCUT2D eigenvalue weighted by molar-refractivity contribution is -0.138. The second-order valence-electron chi connectivity index (χ2n) is 5.59. The number of carbonyl (C=O) groups is 2. The highest BCUT2D eigenvalue weighted by molar-refractivity contribution is 8.15. The Morgan fingerprint density at radius 3 is 2.78 bits per heavy atom. The third-order valence-electron chi connectivity index (χ3n) is 3.47. The molecule has 1 fully saturated rings. The Morgan fingerprint density at radius 2 is 2.04 bits per heavy atom. The Kier molecular flexibility index (Phi) is 5.72. The summed E-state index contributed by atoms with van der Waals surface area (Å²) in [5.74, 6) is -0.130. The molecule has 0 bridgehead atoms. The normalized spacial score (nSPS) is 18.0. The number of anilines is 1. The van der Waals surface area contributed by atoms with Gasteiger partial charge in [-0.25, -0.2) is 0 Å². The SMILES string of the molecule is Nc1ccc(Oc2cccc(C=NN=C3NC(=O)C(CC(=O)O)S3)c2)cc1. The molecule has 2 aromatic carbocycles. The Morgan fingerprint density at radius 1 is 1.26 bits per heavy atom. The van der Waals surface area contributed by atoms with E-state index in [0.717, 1.165) is 17.3 Å². The van der Waals surface area contributed by atoms with Crippen molar-refractivity contribution in [1.82, 2.24) is 5.32 Å². The summed E-state index contributed by atoms with van der Waals surface area (Å²) >= 11 is 1.05. The molecule has 0 spiro atoms. The third kappa shape index (κ3) is 5.32. The zero-order valence-corrected chi connectivity index (χ0v) is 14.8. The van der Waals surface area contributed by atoms with Gasteiger partial charge in [-0.2, -0.15) is 5.10 Å². The lowest BCUT2D eigenvalue weighted by Crippen LogP contribution is -2.26. The van der Waals surface area contributed by atoms with Gasteiger partial charge >= 0.3 is 5.97 Å². The molecular formula is C18H16N4O4S. The first-order chi connectivity index (χ1) is 13.0. The molecule has 4 N–H and O–H groups in total. The number of amides is 1. The summed E-state index contributed by atoms with van der Waals surface area (Å²) in [7, 11) is 0. The predicted octanol–water partition coefficient (Wildman–Crippen LogP) is 2.46. The number of thioether (sulfide) groups is 1. The second kappa shape index (κ2) is 8.37. The van der Waals surface area contributed by atoms with Crippen molar-refractivity contribution >= 4 is 40.7 Å². The number of rotatable bonds is 6. The fraction of sp³-hybridized carbons (Fsp3) is 0.111. The zero-order valence-electron chi connectivity index (χ0n) is 14.0. The van der Waals surface area contributed by atoms with E-state index in [1.165, 1.54) is 6.21 Å². The van der Waals surface area contributed by atoms with Crippen LogP contribution in [0.4, 0.5) is 5.69 Å². The molecule has 8 nitrogen and oxygen atoms in total. The number of nitrogen functional groups attached to an aromatic ring is 1. The maximum Gasteiger partial charge on any atom is 0.305 e. The first kappa shape index (κ1) is 18.5. The van der Waals surface area contributed by atoms with Crippen molar-refractivity contribution in [2.45, 2.75) is 11.7 Å². The molecule has 0 radical (unpaired) electrons. The molecule has 9 heteroatoms. The number of hydrogen-bond donors (Lipinski definition) is 3. The fourth-order valence-electron chi connectivity index (χ4n) is 2.22. The highest BCUT2D eigenvalue weighted by Gasteiger charge is 2.32. The van der Waals surface area contributed by atoms with Crippen LogP contribution in [0.15, 0.2) is 58.7 Å². The fourth-order valence-corrected chi connectivity index (χ4v) is 3.14. The minimum Gasteiger partial charge on any atom is -0.481 e. The summed E-state index contributed by atoms with van der Waals surface area (Å²) in [4.78, 5) is 22.3. The van der Waals surface area contributed by atoms with E-state index in [0.29, 0.717) is 17.2 Å². The van der Waals surface area contributed by atoms with Crippen LogP contribution < -0.4 is 15.8 Å². The summed E-state index contributed by atoms with van der Waals surface area (Å²) in [5.41, 5.74) is 7.06. The van der Waals surface area contributed by atoms with Crippen LogP contribution in [-0.4, -0.2) is 33.6 Å².